The first kappa shape index (κ1) is 16.9. The number of nitrogens with zero attached hydrogens (tertiary/aromatic N) is 2. The quantitative estimate of drug-likeness (QED) is 0.665. The average Bonchev–Trinajstić information content (AvgIpc) is 2.44. The van der Waals surface area contributed by atoms with E-state index in [-0.39, 0.29) is 26.2 Å². The highest BCUT2D eigenvalue weighted by Crippen LogP contribution is 2.21. The highest BCUT2D eigenvalue weighted by atomic mass is 32.2. The number of hydrogen-bond acceptors (Lipinski definition) is 5. The third-order valence-electron chi connectivity index (χ3n) is 3.27. The normalized spacial score (nSPS) is 20.9. The van der Waals surface area contributed by atoms with Crippen molar-refractivity contribution in [2.45, 2.75) is 19.8 Å². The van der Waals surface area contributed by atoms with Crippen LogP contribution in [0.5, 0.6) is 0 Å². The Labute approximate surface area is 118 Å². The van der Waals surface area contributed by atoms with Crippen molar-refractivity contribution in [3.8, 4) is 0 Å². The second kappa shape index (κ2) is 7.00. The van der Waals surface area contributed by atoms with E-state index < -0.39 is 28.1 Å². The molecule has 0 radical (unpaired) electrons. The van der Waals surface area contributed by atoms with Crippen molar-refractivity contribution in [2.75, 3.05) is 33.3 Å². The highest BCUT2D eigenvalue weighted by Gasteiger charge is 2.36. The van der Waals surface area contributed by atoms with Gasteiger partial charge >= 0.3 is 11.9 Å². The minimum absolute atomic E-state index is 0.0602. The molecule has 1 aliphatic heterocycles. The van der Waals surface area contributed by atoms with E-state index in [0.29, 0.717) is 12.8 Å². The van der Waals surface area contributed by atoms with E-state index >= 15 is 0 Å². The molecule has 116 valence electrons. The van der Waals surface area contributed by atoms with Gasteiger partial charge in [0.25, 0.3) is 10.2 Å². The number of methoxy groups -OCH3 is 1. The first-order valence-electron chi connectivity index (χ1n) is 6.37. The number of ether oxygens (including phenoxy) is 1. The molecule has 0 bridgehead atoms. The number of likely N-dealkylation sites (N-methyl/N-ethyl adjacent to an activating group) is 1. The molecule has 1 heterocycles. The van der Waals surface area contributed by atoms with Crippen molar-refractivity contribution in [1.29, 1.82) is 0 Å². The Bertz CT molecular complexity index is 464. The van der Waals surface area contributed by atoms with Crippen LogP contribution in [-0.2, 0) is 24.5 Å². The molecule has 0 spiro atoms. The topological polar surface area (TPSA) is 104 Å². The molecular formula is C11H20N2O6S. The Morgan fingerprint density at radius 2 is 2.10 bits per heavy atom. The largest absolute Gasteiger partial charge is 0.481 e. The van der Waals surface area contributed by atoms with E-state index in [1.54, 1.807) is 6.92 Å². The van der Waals surface area contributed by atoms with Gasteiger partial charge in [-0.25, -0.2) is 0 Å². The molecule has 1 rings (SSSR count). The fourth-order valence-electron chi connectivity index (χ4n) is 2.08. The first-order chi connectivity index (χ1) is 9.32. The molecule has 1 fully saturated rings. The molecule has 1 atom stereocenters. The number of piperidine rings is 1. The molecule has 9 heteroatoms. The van der Waals surface area contributed by atoms with Crippen LogP contribution in [0.3, 0.4) is 0 Å². The summed E-state index contributed by atoms with van der Waals surface area (Å²) in [7, 11) is -2.66. The summed E-state index contributed by atoms with van der Waals surface area (Å²) in [4.78, 5) is 22.2. The fourth-order valence-corrected chi connectivity index (χ4v) is 3.73. The number of esters is 1. The Kier molecular flexibility index (Phi) is 5.90. The monoisotopic (exact) mass is 308 g/mol. The van der Waals surface area contributed by atoms with Crippen molar-refractivity contribution in [3.63, 3.8) is 0 Å². The zero-order valence-corrected chi connectivity index (χ0v) is 12.4. The van der Waals surface area contributed by atoms with E-state index in [4.69, 9.17) is 5.11 Å². The summed E-state index contributed by atoms with van der Waals surface area (Å²) in [6.45, 7) is 1.56. The molecule has 0 aromatic rings. The number of carboxylic acids is 1. The number of hydrogen-bond donors (Lipinski definition) is 1. The number of aliphatic carboxylic acids is 1. The van der Waals surface area contributed by atoms with Gasteiger partial charge in [-0.05, 0) is 12.8 Å². The average molecular weight is 308 g/mol. The molecule has 0 amide bonds. The predicted octanol–water partition coefficient (Wildman–Crippen LogP) is -0.477. The molecule has 20 heavy (non-hydrogen) atoms. The molecule has 0 aliphatic carbocycles. The molecule has 0 aromatic heterocycles. The predicted molar refractivity (Wildman–Crippen MR) is 70.1 cm³/mol. The summed E-state index contributed by atoms with van der Waals surface area (Å²) in [5.74, 6) is -2.35. The van der Waals surface area contributed by atoms with Gasteiger partial charge in [0.05, 0.1) is 13.0 Å². The smallest absolute Gasteiger partial charge is 0.321 e. The number of carboxylic acid groups (broad SMARTS) is 1. The molecule has 0 saturated carbocycles. The summed E-state index contributed by atoms with van der Waals surface area (Å²) in [5.41, 5.74) is 0. The van der Waals surface area contributed by atoms with Crippen LogP contribution in [0.4, 0.5) is 0 Å². The maximum Gasteiger partial charge on any atom is 0.321 e. The van der Waals surface area contributed by atoms with Crippen LogP contribution < -0.4 is 0 Å². The third kappa shape index (κ3) is 3.90. The standard InChI is InChI=1S/C11H20N2O6S/c1-3-12(8-10(14)19-2)20(17,18)13-6-4-5-9(7-13)11(15)16/h9H,3-8H2,1-2H3,(H,15,16). The van der Waals surface area contributed by atoms with Crippen molar-refractivity contribution in [2.24, 2.45) is 5.92 Å². The summed E-state index contributed by atoms with van der Waals surface area (Å²) in [6, 6.07) is 0. The molecule has 8 nitrogen and oxygen atoms in total. The first-order valence-corrected chi connectivity index (χ1v) is 7.77. The van der Waals surface area contributed by atoms with Crippen LogP contribution in [0, 0.1) is 5.92 Å². The van der Waals surface area contributed by atoms with Gasteiger partial charge in [-0.1, -0.05) is 6.92 Å². The van der Waals surface area contributed by atoms with Crippen LogP contribution in [0.15, 0.2) is 0 Å². The Morgan fingerprint density at radius 1 is 1.45 bits per heavy atom. The molecule has 1 unspecified atom stereocenters. The van der Waals surface area contributed by atoms with Crippen LogP contribution in [0.25, 0.3) is 0 Å². The van der Waals surface area contributed by atoms with Crippen molar-refractivity contribution in [1.82, 2.24) is 8.61 Å². The lowest BCUT2D eigenvalue weighted by molar-refractivity contribution is -0.143. The van der Waals surface area contributed by atoms with Crippen molar-refractivity contribution >= 4 is 22.1 Å². The molecule has 1 saturated heterocycles. The molecular weight excluding hydrogens is 288 g/mol. The molecule has 1 aliphatic rings. The Morgan fingerprint density at radius 3 is 2.60 bits per heavy atom. The zero-order chi connectivity index (χ0) is 15.3. The van der Waals surface area contributed by atoms with E-state index in [9.17, 15) is 18.0 Å². The number of carbonyl (C=O) groups is 2. The highest BCUT2D eigenvalue weighted by molar-refractivity contribution is 7.86. The van der Waals surface area contributed by atoms with Gasteiger partial charge in [0.1, 0.15) is 6.54 Å². The minimum Gasteiger partial charge on any atom is -0.481 e. The van der Waals surface area contributed by atoms with E-state index in [0.717, 1.165) is 8.61 Å². The van der Waals surface area contributed by atoms with Gasteiger partial charge in [0.15, 0.2) is 0 Å². The maximum atomic E-state index is 12.4. The summed E-state index contributed by atoms with van der Waals surface area (Å²) in [6.07, 6.45) is 0.955. The molecule has 0 aromatic carbocycles. The van der Waals surface area contributed by atoms with Crippen molar-refractivity contribution < 1.29 is 27.9 Å². The summed E-state index contributed by atoms with van der Waals surface area (Å²) in [5, 5.41) is 8.99. The van der Waals surface area contributed by atoms with Gasteiger partial charge in [-0.2, -0.15) is 17.0 Å². The van der Waals surface area contributed by atoms with Crippen LogP contribution in [0.2, 0.25) is 0 Å². The number of carbonyl (C=O) groups excluding carboxylic acids is 1. The van der Waals surface area contributed by atoms with Crippen molar-refractivity contribution in [3.05, 3.63) is 0 Å². The Balaban J connectivity index is 2.84. The summed E-state index contributed by atoms with van der Waals surface area (Å²) >= 11 is 0. The van der Waals surface area contributed by atoms with E-state index in [1.807, 2.05) is 0 Å². The maximum absolute atomic E-state index is 12.4. The second-order valence-electron chi connectivity index (χ2n) is 4.55. The lowest BCUT2D eigenvalue weighted by Gasteiger charge is -2.33. The van der Waals surface area contributed by atoms with Gasteiger partial charge in [0.2, 0.25) is 0 Å². The SMILES string of the molecule is CCN(CC(=O)OC)S(=O)(=O)N1CCCC(C(=O)O)C1. The third-order valence-corrected chi connectivity index (χ3v) is 5.30. The lowest BCUT2D eigenvalue weighted by Crippen LogP contribution is -2.50. The number of rotatable bonds is 6. The Hall–Kier alpha value is -1.19. The van der Waals surface area contributed by atoms with Gasteiger partial charge in [-0.3, -0.25) is 9.59 Å². The lowest BCUT2D eigenvalue weighted by atomic mass is 10.0. The van der Waals surface area contributed by atoms with Gasteiger partial charge in [0, 0.05) is 19.6 Å². The molecule has 1 N–H and O–H groups in total. The van der Waals surface area contributed by atoms with Gasteiger partial charge in [-0.15, -0.1) is 0 Å². The van der Waals surface area contributed by atoms with Crippen LogP contribution >= 0.6 is 0 Å². The van der Waals surface area contributed by atoms with E-state index in [1.165, 1.54) is 7.11 Å². The fraction of sp³-hybridized carbons (Fsp3) is 0.818. The minimum atomic E-state index is -3.84. The van der Waals surface area contributed by atoms with E-state index in [2.05, 4.69) is 4.74 Å². The van der Waals surface area contributed by atoms with Crippen LogP contribution in [0.1, 0.15) is 19.8 Å². The van der Waals surface area contributed by atoms with Gasteiger partial charge < -0.3 is 9.84 Å². The second-order valence-corrected chi connectivity index (χ2v) is 6.47. The summed E-state index contributed by atoms with van der Waals surface area (Å²) < 4.78 is 31.4. The van der Waals surface area contributed by atoms with Crippen LogP contribution in [-0.4, -0.2) is 67.4 Å². The zero-order valence-electron chi connectivity index (χ0n) is 11.6.